The molecule has 0 amide bonds. The van der Waals surface area contributed by atoms with E-state index in [0.29, 0.717) is 0 Å². The van der Waals surface area contributed by atoms with Crippen molar-refractivity contribution in [3.63, 3.8) is 0 Å². The monoisotopic (exact) mass is 224 g/mol. The number of rotatable bonds is 11. The molecule has 0 spiro atoms. The third kappa shape index (κ3) is 7.67. The molecule has 1 nitrogen and oxygen atoms in total. The van der Waals surface area contributed by atoms with E-state index in [4.69, 9.17) is 0 Å². The van der Waals surface area contributed by atoms with Crippen molar-refractivity contribution in [3.8, 4) is 0 Å². The molecule has 0 N–H and O–H groups in total. The van der Waals surface area contributed by atoms with Gasteiger partial charge < -0.3 is 4.79 Å². The van der Waals surface area contributed by atoms with Crippen LogP contribution in [0.5, 0.6) is 0 Å². The molecular formula is C15H28O. The average molecular weight is 224 g/mol. The Balaban J connectivity index is 3.48. The third-order valence-electron chi connectivity index (χ3n) is 3.25. The summed E-state index contributed by atoms with van der Waals surface area (Å²) in [5, 5.41) is 0. The minimum absolute atomic E-state index is 0.162. The molecule has 0 bridgehead atoms. The van der Waals surface area contributed by atoms with E-state index >= 15 is 0 Å². The molecule has 0 fully saturated rings. The Labute approximate surface area is 101 Å². The van der Waals surface area contributed by atoms with Gasteiger partial charge in [-0.1, -0.05) is 64.9 Å². The van der Waals surface area contributed by atoms with Gasteiger partial charge in [0.05, 0.1) is 0 Å². The molecule has 1 atom stereocenters. The third-order valence-corrected chi connectivity index (χ3v) is 3.25. The first-order chi connectivity index (χ1) is 7.68. The lowest BCUT2D eigenvalue weighted by atomic mass is 9.83. The predicted octanol–water partition coefficient (Wildman–Crippen LogP) is 4.91. The Morgan fingerprint density at radius 1 is 1.06 bits per heavy atom. The fourth-order valence-corrected chi connectivity index (χ4v) is 2.02. The van der Waals surface area contributed by atoms with E-state index in [9.17, 15) is 4.79 Å². The Hall–Kier alpha value is -0.590. The minimum atomic E-state index is -0.162. The van der Waals surface area contributed by atoms with Gasteiger partial charge in [-0.15, -0.1) is 6.58 Å². The highest BCUT2D eigenvalue weighted by Crippen LogP contribution is 2.26. The highest BCUT2D eigenvalue weighted by molar-refractivity contribution is 5.58. The average Bonchev–Trinajstić information content (AvgIpc) is 2.28. The normalized spacial score (nSPS) is 14.4. The zero-order chi connectivity index (χ0) is 12.3. The lowest BCUT2D eigenvalue weighted by molar-refractivity contribution is -0.115. The van der Waals surface area contributed by atoms with Gasteiger partial charge in [-0.2, -0.15) is 0 Å². The van der Waals surface area contributed by atoms with Crippen LogP contribution in [0.25, 0.3) is 0 Å². The number of hydrogen-bond donors (Lipinski definition) is 0. The van der Waals surface area contributed by atoms with Crippen molar-refractivity contribution in [2.24, 2.45) is 5.41 Å². The summed E-state index contributed by atoms with van der Waals surface area (Å²) < 4.78 is 0. The largest absolute Gasteiger partial charge is 0.303 e. The molecule has 0 rings (SSSR count). The van der Waals surface area contributed by atoms with Gasteiger partial charge in [-0.25, -0.2) is 0 Å². The number of carbonyl (C=O) groups excluding carboxylic acids is 1. The van der Waals surface area contributed by atoms with E-state index in [1.807, 2.05) is 13.0 Å². The van der Waals surface area contributed by atoms with Gasteiger partial charge in [0.15, 0.2) is 0 Å². The van der Waals surface area contributed by atoms with Crippen molar-refractivity contribution in [1.29, 1.82) is 0 Å². The summed E-state index contributed by atoms with van der Waals surface area (Å²) in [7, 11) is 0. The number of hydrogen-bond acceptors (Lipinski definition) is 1. The summed E-state index contributed by atoms with van der Waals surface area (Å²) in [5.41, 5.74) is -0.162. The Morgan fingerprint density at radius 3 is 2.12 bits per heavy atom. The quantitative estimate of drug-likeness (QED) is 0.277. The molecule has 1 heteroatoms. The first-order valence-electron chi connectivity index (χ1n) is 6.76. The molecule has 0 heterocycles. The summed E-state index contributed by atoms with van der Waals surface area (Å²) in [5.74, 6) is 0. The van der Waals surface area contributed by atoms with Crippen LogP contribution < -0.4 is 0 Å². The summed E-state index contributed by atoms with van der Waals surface area (Å²) in [6.45, 7) is 7.99. The maximum Gasteiger partial charge on any atom is 0.126 e. The molecule has 0 aliphatic rings. The molecule has 16 heavy (non-hydrogen) atoms. The van der Waals surface area contributed by atoms with Gasteiger partial charge in [-0.3, -0.25) is 0 Å². The predicted molar refractivity (Wildman–Crippen MR) is 71.6 cm³/mol. The molecule has 94 valence electrons. The first kappa shape index (κ1) is 15.4. The second kappa shape index (κ2) is 9.62. The van der Waals surface area contributed by atoms with Crippen LogP contribution in [-0.4, -0.2) is 6.29 Å². The van der Waals surface area contributed by atoms with Crippen LogP contribution in [0.15, 0.2) is 12.7 Å². The van der Waals surface area contributed by atoms with E-state index < -0.39 is 0 Å². The second-order valence-corrected chi connectivity index (χ2v) is 5.14. The van der Waals surface area contributed by atoms with Gasteiger partial charge in [0.1, 0.15) is 6.29 Å². The van der Waals surface area contributed by atoms with Crippen LogP contribution in [0.3, 0.4) is 0 Å². The molecule has 0 aromatic rings. The van der Waals surface area contributed by atoms with Crippen LogP contribution in [0.2, 0.25) is 0 Å². The number of aldehydes is 1. The van der Waals surface area contributed by atoms with Gasteiger partial charge >= 0.3 is 0 Å². The molecule has 0 aromatic carbocycles. The van der Waals surface area contributed by atoms with E-state index in [-0.39, 0.29) is 5.41 Å². The van der Waals surface area contributed by atoms with Crippen molar-refractivity contribution >= 4 is 6.29 Å². The number of allylic oxidation sites excluding steroid dienone is 1. The zero-order valence-electron chi connectivity index (χ0n) is 11.1. The summed E-state index contributed by atoms with van der Waals surface area (Å²) in [4.78, 5) is 11.0. The molecular weight excluding hydrogens is 196 g/mol. The van der Waals surface area contributed by atoms with E-state index in [1.54, 1.807) is 0 Å². The van der Waals surface area contributed by atoms with Crippen molar-refractivity contribution in [2.45, 2.75) is 71.6 Å². The number of unbranched alkanes of at least 4 members (excludes halogenated alkanes) is 6. The van der Waals surface area contributed by atoms with Gasteiger partial charge in [0, 0.05) is 5.41 Å². The molecule has 0 radical (unpaired) electrons. The van der Waals surface area contributed by atoms with E-state index in [1.165, 1.54) is 44.9 Å². The Bertz CT molecular complexity index is 186. The molecule has 0 aromatic heterocycles. The Morgan fingerprint density at radius 2 is 1.62 bits per heavy atom. The van der Waals surface area contributed by atoms with Crippen molar-refractivity contribution in [1.82, 2.24) is 0 Å². The van der Waals surface area contributed by atoms with Crippen LogP contribution in [0, 0.1) is 5.41 Å². The van der Waals surface area contributed by atoms with E-state index in [0.717, 1.165) is 19.1 Å². The highest BCUT2D eigenvalue weighted by atomic mass is 16.1. The Kier molecular flexibility index (Phi) is 9.27. The van der Waals surface area contributed by atoms with Crippen molar-refractivity contribution in [2.75, 3.05) is 0 Å². The molecule has 0 aliphatic carbocycles. The fourth-order valence-electron chi connectivity index (χ4n) is 2.02. The molecule has 0 aliphatic heterocycles. The molecule has 0 saturated heterocycles. The first-order valence-corrected chi connectivity index (χ1v) is 6.76. The van der Waals surface area contributed by atoms with Gasteiger partial charge in [0.25, 0.3) is 0 Å². The van der Waals surface area contributed by atoms with Gasteiger partial charge in [0.2, 0.25) is 0 Å². The summed E-state index contributed by atoms with van der Waals surface area (Å²) in [6, 6.07) is 0. The van der Waals surface area contributed by atoms with E-state index in [2.05, 4.69) is 13.5 Å². The topological polar surface area (TPSA) is 17.1 Å². The lowest BCUT2D eigenvalue weighted by Crippen LogP contribution is -2.16. The van der Waals surface area contributed by atoms with Crippen LogP contribution >= 0.6 is 0 Å². The van der Waals surface area contributed by atoms with Crippen LogP contribution in [0.1, 0.15) is 71.6 Å². The smallest absolute Gasteiger partial charge is 0.126 e. The SMILES string of the molecule is C=CCC(C)(C=O)CCCCCCCCC. The lowest BCUT2D eigenvalue weighted by Gasteiger charge is -2.20. The zero-order valence-corrected chi connectivity index (χ0v) is 11.1. The fraction of sp³-hybridized carbons (Fsp3) is 0.800. The summed E-state index contributed by atoms with van der Waals surface area (Å²) >= 11 is 0. The van der Waals surface area contributed by atoms with Crippen molar-refractivity contribution < 1.29 is 4.79 Å². The highest BCUT2D eigenvalue weighted by Gasteiger charge is 2.20. The van der Waals surface area contributed by atoms with Crippen LogP contribution in [0.4, 0.5) is 0 Å². The van der Waals surface area contributed by atoms with Crippen molar-refractivity contribution in [3.05, 3.63) is 12.7 Å². The summed E-state index contributed by atoms with van der Waals surface area (Å²) in [6.07, 6.45) is 13.9. The standard InChI is InChI=1S/C15H28O/c1-4-6-7-8-9-10-11-13-15(3,14-16)12-5-2/h5,14H,2,4,6-13H2,1,3H3. The molecule has 1 unspecified atom stereocenters. The minimum Gasteiger partial charge on any atom is -0.303 e. The second-order valence-electron chi connectivity index (χ2n) is 5.14. The molecule has 0 saturated carbocycles. The van der Waals surface area contributed by atoms with Gasteiger partial charge in [-0.05, 0) is 12.8 Å². The maximum absolute atomic E-state index is 11.0. The van der Waals surface area contributed by atoms with Crippen LogP contribution in [-0.2, 0) is 4.79 Å². The number of carbonyl (C=O) groups is 1. The maximum atomic E-state index is 11.0.